The third-order valence-electron chi connectivity index (χ3n) is 2.78. The summed E-state index contributed by atoms with van der Waals surface area (Å²) in [6, 6.07) is 9.47. The molecule has 14 heavy (non-hydrogen) atoms. The van der Waals surface area contributed by atoms with Crippen molar-refractivity contribution in [1.29, 1.82) is 0 Å². The van der Waals surface area contributed by atoms with Gasteiger partial charge in [-0.05, 0) is 26.0 Å². The minimum Gasteiger partial charge on any atom is -0.300 e. The molecule has 1 aliphatic heterocycles. The van der Waals surface area contributed by atoms with E-state index in [1.165, 1.54) is 11.1 Å². The first-order valence-electron chi connectivity index (χ1n) is 5.21. The molecule has 1 aromatic carbocycles. The summed E-state index contributed by atoms with van der Waals surface area (Å²) in [7, 11) is 2.15. The van der Waals surface area contributed by atoms with E-state index in [-0.39, 0.29) is 0 Å². The minimum absolute atomic E-state index is 0.628. The molecule has 0 radical (unpaired) electrons. The van der Waals surface area contributed by atoms with Crippen molar-refractivity contribution in [2.75, 3.05) is 20.3 Å². The van der Waals surface area contributed by atoms with E-state index in [9.17, 15) is 0 Å². The van der Waals surface area contributed by atoms with Crippen molar-refractivity contribution in [1.82, 2.24) is 10.2 Å². The van der Waals surface area contributed by atoms with Crippen molar-refractivity contribution < 1.29 is 0 Å². The number of hydrogen-bond acceptors (Lipinski definition) is 2. The molecule has 0 amide bonds. The first-order chi connectivity index (χ1) is 6.74. The zero-order chi connectivity index (χ0) is 9.97. The van der Waals surface area contributed by atoms with Crippen LogP contribution in [0.5, 0.6) is 0 Å². The van der Waals surface area contributed by atoms with E-state index in [2.05, 4.69) is 48.5 Å². The Balaban J connectivity index is 1.94. The van der Waals surface area contributed by atoms with Crippen LogP contribution in [-0.4, -0.2) is 31.2 Å². The Morgan fingerprint density at radius 1 is 1.36 bits per heavy atom. The summed E-state index contributed by atoms with van der Waals surface area (Å²) in [6.07, 6.45) is 1.14. The maximum Gasteiger partial charge on any atom is 0.0480 e. The van der Waals surface area contributed by atoms with E-state index >= 15 is 0 Å². The maximum atomic E-state index is 3.50. The number of hydrogen-bond donors (Lipinski definition) is 1. The second-order valence-electron chi connectivity index (χ2n) is 4.29. The number of aryl methyl sites for hydroxylation is 1. The smallest absolute Gasteiger partial charge is 0.0480 e. The number of nitrogens with zero attached hydrogens (tertiary/aromatic N) is 1. The van der Waals surface area contributed by atoms with E-state index < -0.39 is 0 Å². The van der Waals surface area contributed by atoms with Crippen LogP contribution in [0.3, 0.4) is 0 Å². The number of nitrogens with one attached hydrogen (secondary N) is 1. The summed E-state index contributed by atoms with van der Waals surface area (Å²) in [5.41, 5.74) is 2.77. The Labute approximate surface area is 85.9 Å². The second kappa shape index (κ2) is 4.11. The largest absolute Gasteiger partial charge is 0.300 e. The lowest BCUT2D eigenvalue weighted by molar-refractivity contribution is 0.406. The molecular weight excluding hydrogens is 172 g/mol. The summed E-state index contributed by atoms with van der Waals surface area (Å²) >= 11 is 0. The van der Waals surface area contributed by atoms with Crippen molar-refractivity contribution in [3.8, 4) is 0 Å². The van der Waals surface area contributed by atoms with Gasteiger partial charge in [-0.2, -0.15) is 0 Å². The molecule has 0 bridgehead atoms. The van der Waals surface area contributed by atoms with Crippen LogP contribution in [0.4, 0.5) is 0 Å². The Hall–Kier alpha value is -0.860. The highest BCUT2D eigenvalue weighted by Gasteiger charge is 2.18. The highest BCUT2D eigenvalue weighted by atomic mass is 15.3. The predicted octanol–water partition coefficient (Wildman–Crippen LogP) is 1.40. The first kappa shape index (κ1) is 9.69. The zero-order valence-corrected chi connectivity index (χ0v) is 8.96. The van der Waals surface area contributed by atoms with E-state index in [0.29, 0.717) is 6.04 Å². The Kier molecular flexibility index (Phi) is 2.85. The lowest BCUT2D eigenvalue weighted by atomic mass is 10.1. The van der Waals surface area contributed by atoms with Gasteiger partial charge in [-0.25, -0.2) is 0 Å². The molecule has 1 heterocycles. The molecule has 0 spiro atoms. The van der Waals surface area contributed by atoms with Gasteiger partial charge in [-0.1, -0.05) is 29.8 Å². The highest BCUT2D eigenvalue weighted by molar-refractivity contribution is 5.22. The van der Waals surface area contributed by atoms with Crippen LogP contribution < -0.4 is 5.32 Å². The van der Waals surface area contributed by atoms with Gasteiger partial charge in [0.15, 0.2) is 0 Å². The van der Waals surface area contributed by atoms with Gasteiger partial charge in [0.05, 0.1) is 0 Å². The van der Waals surface area contributed by atoms with Crippen LogP contribution in [0.1, 0.15) is 11.1 Å². The molecule has 0 aliphatic carbocycles. The lowest BCUT2D eigenvalue weighted by Crippen LogP contribution is -2.25. The van der Waals surface area contributed by atoms with E-state index in [0.717, 1.165) is 19.6 Å². The van der Waals surface area contributed by atoms with Crippen molar-refractivity contribution in [2.24, 2.45) is 0 Å². The van der Waals surface area contributed by atoms with Crippen molar-refractivity contribution in [3.05, 3.63) is 35.4 Å². The summed E-state index contributed by atoms with van der Waals surface area (Å²) in [5, 5.41) is 3.50. The number of rotatable bonds is 2. The fourth-order valence-corrected chi connectivity index (χ4v) is 1.94. The molecule has 1 aliphatic rings. The highest BCUT2D eigenvalue weighted by Crippen LogP contribution is 2.09. The SMILES string of the molecule is Cc1ccc(CC2CN(C)CN2)cc1. The Morgan fingerprint density at radius 2 is 2.07 bits per heavy atom. The fourth-order valence-electron chi connectivity index (χ4n) is 1.94. The molecule has 1 saturated heterocycles. The average molecular weight is 190 g/mol. The van der Waals surface area contributed by atoms with Gasteiger partial charge < -0.3 is 0 Å². The zero-order valence-electron chi connectivity index (χ0n) is 8.96. The third-order valence-corrected chi connectivity index (χ3v) is 2.78. The summed E-state index contributed by atoms with van der Waals surface area (Å²) in [4.78, 5) is 2.32. The molecule has 1 fully saturated rings. The van der Waals surface area contributed by atoms with Gasteiger partial charge in [0.1, 0.15) is 0 Å². The van der Waals surface area contributed by atoms with E-state index in [1.807, 2.05) is 0 Å². The van der Waals surface area contributed by atoms with Gasteiger partial charge in [0.25, 0.3) is 0 Å². The molecule has 2 heteroatoms. The van der Waals surface area contributed by atoms with Crippen molar-refractivity contribution >= 4 is 0 Å². The molecule has 76 valence electrons. The van der Waals surface area contributed by atoms with E-state index in [4.69, 9.17) is 0 Å². The van der Waals surface area contributed by atoms with E-state index in [1.54, 1.807) is 0 Å². The second-order valence-corrected chi connectivity index (χ2v) is 4.29. The molecule has 2 nitrogen and oxygen atoms in total. The topological polar surface area (TPSA) is 15.3 Å². The molecular formula is C12H18N2. The monoisotopic (exact) mass is 190 g/mol. The summed E-state index contributed by atoms with van der Waals surface area (Å²) in [5.74, 6) is 0. The Morgan fingerprint density at radius 3 is 2.64 bits per heavy atom. The standard InChI is InChI=1S/C12H18N2/c1-10-3-5-11(6-4-10)7-12-8-14(2)9-13-12/h3-6,12-13H,7-9H2,1-2H3. The summed E-state index contributed by atoms with van der Waals surface area (Å²) in [6.45, 7) is 4.32. The fraction of sp³-hybridized carbons (Fsp3) is 0.500. The van der Waals surface area contributed by atoms with Gasteiger partial charge in [-0.15, -0.1) is 0 Å². The molecule has 1 atom stereocenters. The molecule has 0 saturated carbocycles. The van der Waals surface area contributed by atoms with Crippen LogP contribution in [0.15, 0.2) is 24.3 Å². The maximum absolute atomic E-state index is 3.50. The average Bonchev–Trinajstić information content (AvgIpc) is 2.56. The minimum atomic E-state index is 0.628. The van der Waals surface area contributed by atoms with Gasteiger partial charge in [0.2, 0.25) is 0 Å². The van der Waals surface area contributed by atoms with Crippen LogP contribution in [0.25, 0.3) is 0 Å². The quantitative estimate of drug-likeness (QED) is 0.758. The molecule has 0 aromatic heterocycles. The summed E-state index contributed by atoms with van der Waals surface area (Å²) < 4.78 is 0. The van der Waals surface area contributed by atoms with Gasteiger partial charge in [-0.3, -0.25) is 10.2 Å². The van der Waals surface area contributed by atoms with Crippen LogP contribution in [-0.2, 0) is 6.42 Å². The van der Waals surface area contributed by atoms with Crippen LogP contribution in [0.2, 0.25) is 0 Å². The first-order valence-corrected chi connectivity index (χ1v) is 5.21. The Bertz CT molecular complexity index is 292. The van der Waals surface area contributed by atoms with Crippen LogP contribution in [0, 0.1) is 6.92 Å². The molecule has 1 unspecified atom stereocenters. The molecule has 2 rings (SSSR count). The normalized spacial score (nSPS) is 22.9. The van der Waals surface area contributed by atoms with Crippen LogP contribution >= 0.6 is 0 Å². The molecule has 1 aromatic rings. The molecule has 1 N–H and O–H groups in total. The van der Waals surface area contributed by atoms with Gasteiger partial charge in [0, 0.05) is 19.3 Å². The van der Waals surface area contributed by atoms with Crippen molar-refractivity contribution in [3.63, 3.8) is 0 Å². The number of benzene rings is 1. The predicted molar refractivity (Wildman–Crippen MR) is 59.3 cm³/mol. The lowest BCUT2D eigenvalue weighted by Gasteiger charge is -2.09. The number of likely N-dealkylation sites (N-methyl/N-ethyl adjacent to an activating group) is 1. The van der Waals surface area contributed by atoms with Crippen molar-refractivity contribution in [2.45, 2.75) is 19.4 Å². The third kappa shape index (κ3) is 2.34. The van der Waals surface area contributed by atoms with Gasteiger partial charge >= 0.3 is 0 Å².